The van der Waals surface area contributed by atoms with Gasteiger partial charge in [0.1, 0.15) is 0 Å². The molecule has 0 radical (unpaired) electrons. The van der Waals surface area contributed by atoms with Gasteiger partial charge in [-0.25, -0.2) is 0 Å². The van der Waals surface area contributed by atoms with Crippen molar-refractivity contribution in [1.29, 1.82) is 0 Å². The van der Waals surface area contributed by atoms with Gasteiger partial charge in [0.2, 0.25) is 0 Å². The quantitative estimate of drug-likeness (QED) is 0.712. The third-order valence-corrected chi connectivity index (χ3v) is 4.54. The van der Waals surface area contributed by atoms with Crippen LogP contribution in [0.4, 0.5) is 0 Å². The molecule has 1 nitrogen and oxygen atoms in total. The standard InChI is InChI=1S/C13H25N/c1-2-6-12-11-14-10-9-13(12)7-4-3-5-8-13/h12,14H,2-11H2,1H3. The SMILES string of the molecule is CCCC1CNCCC12CCCCC2. The lowest BCUT2D eigenvalue weighted by atomic mass is 9.61. The monoisotopic (exact) mass is 195 g/mol. The number of nitrogens with one attached hydrogen (secondary N) is 1. The first-order valence-electron chi connectivity index (χ1n) is 6.58. The van der Waals surface area contributed by atoms with E-state index in [1.807, 2.05) is 0 Å². The minimum atomic E-state index is 0.763. The smallest absolute Gasteiger partial charge is 0.00152 e. The van der Waals surface area contributed by atoms with E-state index in [1.165, 1.54) is 64.5 Å². The predicted octanol–water partition coefficient (Wildman–Crippen LogP) is 3.35. The molecule has 1 heteroatoms. The van der Waals surface area contributed by atoms with Crippen LogP contribution in [0.25, 0.3) is 0 Å². The lowest BCUT2D eigenvalue weighted by Gasteiger charge is -2.47. The van der Waals surface area contributed by atoms with Crippen molar-refractivity contribution in [2.24, 2.45) is 11.3 Å². The Morgan fingerprint density at radius 2 is 1.93 bits per heavy atom. The molecule has 0 aromatic rings. The molecule has 1 saturated heterocycles. The maximum Gasteiger partial charge on any atom is -0.00152 e. The molecule has 0 aromatic heterocycles. The van der Waals surface area contributed by atoms with Gasteiger partial charge in [-0.15, -0.1) is 0 Å². The Kier molecular flexibility index (Phi) is 3.48. The molecule has 1 N–H and O–H groups in total. The molecule has 82 valence electrons. The average Bonchev–Trinajstić information content (AvgIpc) is 2.23. The Hall–Kier alpha value is -0.0400. The normalized spacial score (nSPS) is 31.9. The maximum atomic E-state index is 3.59. The van der Waals surface area contributed by atoms with Crippen molar-refractivity contribution >= 4 is 0 Å². The fourth-order valence-electron chi connectivity index (χ4n) is 3.71. The maximum absolute atomic E-state index is 3.59. The summed E-state index contributed by atoms with van der Waals surface area (Å²) >= 11 is 0. The highest BCUT2D eigenvalue weighted by Crippen LogP contribution is 2.48. The molecular weight excluding hydrogens is 170 g/mol. The molecule has 1 unspecified atom stereocenters. The van der Waals surface area contributed by atoms with Gasteiger partial charge in [0.15, 0.2) is 0 Å². The first kappa shape index (κ1) is 10.5. The van der Waals surface area contributed by atoms with Crippen LogP contribution < -0.4 is 5.32 Å². The molecule has 1 aliphatic heterocycles. The van der Waals surface area contributed by atoms with Crippen LogP contribution in [0, 0.1) is 11.3 Å². The van der Waals surface area contributed by atoms with E-state index in [4.69, 9.17) is 0 Å². The molecule has 1 atom stereocenters. The molecule has 2 rings (SSSR count). The van der Waals surface area contributed by atoms with E-state index in [-0.39, 0.29) is 0 Å². The van der Waals surface area contributed by atoms with Crippen LogP contribution in [0.1, 0.15) is 58.3 Å². The third kappa shape index (κ3) is 1.98. The fraction of sp³-hybridized carbons (Fsp3) is 1.00. The molecular formula is C13H25N. The van der Waals surface area contributed by atoms with Crippen molar-refractivity contribution in [1.82, 2.24) is 5.32 Å². The molecule has 2 fully saturated rings. The van der Waals surface area contributed by atoms with E-state index < -0.39 is 0 Å². The Morgan fingerprint density at radius 1 is 1.14 bits per heavy atom. The highest BCUT2D eigenvalue weighted by molar-refractivity contribution is 4.93. The van der Waals surface area contributed by atoms with Crippen LogP contribution in [-0.2, 0) is 0 Å². The zero-order valence-corrected chi connectivity index (χ0v) is 9.65. The Balaban J connectivity index is 2.02. The van der Waals surface area contributed by atoms with Crippen molar-refractivity contribution in [2.45, 2.75) is 58.3 Å². The summed E-state index contributed by atoms with van der Waals surface area (Å²) in [6, 6.07) is 0. The van der Waals surface area contributed by atoms with Crippen molar-refractivity contribution in [3.05, 3.63) is 0 Å². The second kappa shape index (κ2) is 4.65. The lowest BCUT2D eigenvalue weighted by molar-refractivity contribution is 0.0533. The highest BCUT2D eigenvalue weighted by Gasteiger charge is 2.40. The number of piperidine rings is 1. The molecule has 0 aromatic carbocycles. The Labute approximate surface area is 88.7 Å². The van der Waals surface area contributed by atoms with Gasteiger partial charge in [-0.05, 0) is 50.1 Å². The van der Waals surface area contributed by atoms with E-state index in [0.29, 0.717) is 0 Å². The predicted molar refractivity (Wildman–Crippen MR) is 61.4 cm³/mol. The molecule has 1 saturated carbocycles. The van der Waals surface area contributed by atoms with Crippen molar-refractivity contribution in [2.75, 3.05) is 13.1 Å². The fourth-order valence-corrected chi connectivity index (χ4v) is 3.71. The van der Waals surface area contributed by atoms with Crippen LogP contribution in [-0.4, -0.2) is 13.1 Å². The van der Waals surface area contributed by atoms with Gasteiger partial charge in [0, 0.05) is 0 Å². The van der Waals surface area contributed by atoms with Crippen LogP contribution in [0.5, 0.6) is 0 Å². The van der Waals surface area contributed by atoms with Crippen LogP contribution >= 0.6 is 0 Å². The summed E-state index contributed by atoms with van der Waals surface area (Å²) in [4.78, 5) is 0. The van der Waals surface area contributed by atoms with Crippen molar-refractivity contribution in [3.8, 4) is 0 Å². The minimum absolute atomic E-state index is 0.763. The molecule has 1 spiro atoms. The van der Waals surface area contributed by atoms with Gasteiger partial charge in [-0.1, -0.05) is 32.6 Å². The Morgan fingerprint density at radius 3 is 2.64 bits per heavy atom. The van der Waals surface area contributed by atoms with Crippen LogP contribution in [0.2, 0.25) is 0 Å². The molecule has 0 amide bonds. The number of hydrogen-bond donors (Lipinski definition) is 1. The molecule has 1 aliphatic carbocycles. The van der Waals surface area contributed by atoms with Gasteiger partial charge in [0.25, 0.3) is 0 Å². The summed E-state index contributed by atoms with van der Waals surface area (Å²) in [7, 11) is 0. The molecule has 0 bridgehead atoms. The average molecular weight is 195 g/mol. The molecule has 2 aliphatic rings. The molecule has 14 heavy (non-hydrogen) atoms. The summed E-state index contributed by atoms with van der Waals surface area (Å²) in [5, 5.41) is 3.59. The highest BCUT2D eigenvalue weighted by atomic mass is 14.9. The second-order valence-corrected chi connectivity index (χ2v) is 5.36. The van der Waals surface area contributed by atoms with E-state index in [2.05, 4.69) is 12.2 Å². The Bertz CT molecular complexity index is 160. The number of rotatable bonds is 2. The lowest BCUT2D eigenvalue weighted by Crippen LogP contribution is -2.46. The minimum Gasteiger partial charge on any atom is -0.316 e. The third-order valence-electron chi connectivity index (χ3n) is 4.54. The summed E-state index contributed by atoms with van der Waals surface area (Å²) in [5.41, 5.74) is 0.763. The first-order valence-corrected chi connectivity index (χ1v) is 6.58. The second-order valence-electron chi connectivity index (χ2n) is 5.36. The van der Waals surface area contributed by atoms with Gasteiger partial charge in [-0.3, -0.25) is 0 Å². The summed E-state index contributed by atoms with van der Waals surface area (Å²) < 4.78 is 0. The van der Waals surface area contributed by atoms with E-state index >= 15 is 0 Å². The largest absolute Gasteiger partial charge is 0.316 e. The van der Waals surface area contributed by atoms with Gasteiger partial charge in [0.05, 0.1) is 0 Å². The van der Waals surface area contributed by atoms with Crippen LogP contribution in [0.15, 0.2) is 0 Å². The van der Waals surface area contributed by atoms with E-state index in [1.54, 1.807) is 0 Å². The van der Waals surface area contributed by atoms with Gasteiger partial charge < -0.3 is 5.32 Å². The van der Waals surface area contributed by atoms with Crippen molar-refractivity contribution < 1.29 is 0 Å². The zero-order chi connectivity index (χ0) is 9.86. The summed E-state index contributed by atoms with van der Waals surface area (Å²) in [6.07, 6.45) is 11.8. The molecule has 1 heterocycles. The van der Waals surface area contributed by atoms with Crippen LogP contribution in [0.3, 0.4) is 0 Å². The van der Waals surface area contributed by atoms with Gasteiger partial charge >= 0.3 is 0 Å². The van der Waals surface area contributed by atoms with Gasteiger partial charge in [-0.2, -0.15) is 0 Å². The topological polar surface area (TPSA) is 12.0 Å². The summed E-state index contributed by atoms with van der Waals surface area (Å²) in [6.45, 7) is 4.92. The van der Waals surface area contributed by atoms with Crippen molar-refractivity contribution in [3.63, 3.8) is 0 Å². The van der Waals surface area contributed by atoms with E-state index in [9.17, 15) is 0 Å². The summed E-state index contributed by atoms with van der Waals surface area (Å²) in [5.74, 6) is 0.988. The first-order chi connectivity index (χ1) is 6.87. The zero-order valence-electron chi connectivity index (χ0n) is 9.65. The number of hydrogen-bond acceptors (Lipinski definition) is 1. The van der Waals surface area contributed by atoms with E-state index in [0.717, 1.165) is 11.3 Å².